The molecule has 0 radical (unpaired) electrons. The van der Waals surface area contributed by atoms with Crippen LogP contribution in [-0.4, -0.2) is 22.0 Å². The second kappa shape index (κ2) is 6.53. The Morgan fingerprint density at radius 2 is 1.68 bits per heavy atom. The average Bonchev–Trinajstić information content (AvgIpc) is 3.05. The van der Waals surface area contributed by atoms with E-state index in [0.717, 1.165) is 23.7 Å². The predicted octanol–water partition coefficient (Wildman–Crippen LogP) is 4.70. The molecule has 2 saturated heterocycles. The third kappa shape index (κ3) is 3.69. The van der Waals surface area contributed by atoms with Crippen molar-refractivity contribution in [2.75, 3.05) is 11.5 Å². The Morgan fingerprint density at radius 3 is 2.26 bits per heavy atom. The number of thioether (sulfide) groups is 2. The number of benzene rings is 1. The molecule has 3 heteroatoms. The van der Waals surface area contributed by atoms with Gasteiger partial charge in [-0.15, -0.1) is 0 Å². The number of hydrogen-bond donors (Lipinski definition) is 0. The van der Waals surface area contributed by atoms with Crippen molar-refractivity contribution in [2.45, 2.75) is 49.0 Å². The highest BCUT2D eigenvalue weighted by atomic mass is 32.2. The summed E-state index contributed by atoms with van der Waals surface area (Å²) in [6, 6.07) is 5.97. The second-order valence-electron chi connectivity index (χ2n) is 5.60. The Morgan fingerprint density at radius 1 is 1.00 bits per heavy atom. The molecule has 0 saturated carbocycles. The molecule has 2 heterocycles. The number of hydrogen-bond acceptors (Lipinski definition) is 2. The Bertz CT molecular complexity index is 421. The van der Waals surface area contributed by atoms with E-state index in [-0.39, 0.29) is 5.82 Å². The summed E-state index contributed by atoms with van der Waals surface area (Å²) in [5, 5.41) is 1.36. The zero-order valence-electron chi connectivity index (χ0n) is 11.2. The van der Waals surface area contributed by atoms with E-state index in [1.165, 1.54) is 42.8 Å². The summed E-state index contributed by atoms with van der Waals surface area (Å²) >= 11 is 4.05. The Labute approximate surface area is 123 Å². The van der Waals surface area contributed by atoms with E-state index >= 15 is 0 Å². The lowest BCUT2D eigenvalue weighted by Gasteiger charge is -2.12. The topological polar surface area (TPSA) is 0 Å². The minimum Gasteiger partial charge on any atom is -0.207 e. The van der Waals surface area contributed by atoms with Gasteiger partial charge in [0.2, 0.25) is 0 Å². The second-order valence-corrected chi connectivity index (χ2v) is 8.42. The maximum Gasteiger partial charge on any atom is 0.126 e. The Balaban J connectivity index is 1.63. The first kappa shape index (κ1) is 13.8. The Hall–Kier alpha value is -0.150. The fourth-order valence-corrected chi connectivity index (χ4v) is 5.61. The smallest absolute Gasteiger partial charge is 0.126 e. The van der Waals surface area contributed by atoms with Crippen molar-refractivity contribution in [1.82, 2.24) is 0 Å². The van der Waals surface area contributed by atoms with Crippen molar-refractivity contribution in [3.63, 3.8) is 0 Å². The molecule has 0 aromatic heterocycles. The van der Waals surface area contributed by atoms with E-state index in [0.29, 0.717) is 5.25 Å². The summed E-state index contributed by atoms with van der Waals surface area (Å²) in [5.41, 5.74) is 2.10. The molecule has 2 aliphatic heterocycles. The van der Waals surface area contributed by atoms with Crippen LogP contribution in [-0.2, 0) is 12.8 Å². The fourth-order valence-electron chi connectivity index (χ4n) is 3.00. The highest BCUT2D eigenvalue weighted by Crippen LogP contribution is 2.31. The first-order chi connectivity index (χ1) is 9.31. The minimum atomic E-state index is 0.0213. The zero-order chi connectivity index (χ0) is 13.1. The molecule has 19 heavy (non-hydrogen) atoms. The van der Waals surface area contributed by atoms with Gasteiger partial charge in [-0.25, -0.2) is 4.39 Å². The van der Waals surface area contributed by atoms with Crippen LogP contribution >= 0.6 is 23.5 Å². The van der Waals surface area contributed by atoms with Crippen molar-refractivity contribution in [3.05, 3.63) is 35.1 Å². The third-order valence-corrected chi connectivity index (χ3v) is 6.87. The van der Waals surface area contributed by atoms with E-state index in [1.807, 2.05) is 29.6 Å². The van der Waals surface area contributed by atoms with Gasteiger partial charge < -0.3 is 0 Å². The summed E-state index contributed by atoms with van der Waals surface area (Å²) in [6.07, 6.45) is 7.13. The Kier molecular flexibility index (Phi) is 4.75. The molecule has 0 spiro atoms. The van der Waals surface area contributed by atoms with Gasteiger partial charge >= 0.3 is 0 Å². The van der Waals surface area contributed by atoms with Gasteiger partial charge in [-0.3, -0.25) is 0 Å². The standard InChI is InChI=1S/C16H21FS2/c17-16-10-12(9-14-3-1-7-18-14)5-6-13(16)11-15-4-2-8-19-15/h5-6,10,14-15H,1-4,7-9,11H2. The van der Waals surface area contributed by atoms with Crippen LogP contribution in [0.25, 0.3) is 0 Å². The van der Waals surface area contributed by atoms with E-state index in [2.05, 4.69) is 6.07 Å². The lowest BCUT2D eigenvalue weighted by molar-refractivity contribution is 0.601. The predicted molar refractivity (Wildman–Crippen MR) is 84.8 cm³/mol. The van der Waals surface area contributed by atoms with Gasteiger partial charge in [-0.2, -0.15) is 23.5 Å². The molecule has 2 aliphatic rings. The van der Waals surface area contributed by atoms with Gasteiger partial charge in [0.15, 0.2) is 0 Å². The maximum absolute atomic E-state index is 14.2. The monoisotopic (exact) mass is 296 g/mol. The molecule has 104 valence electrons. The molecule has 3 rings (SSSR count). The third-order valence-electron chi connectivity index (χ3n) is 4.08. The van der Waals surface area contributed by atoms with Crippen LogP contribution in [0.4, 0.5) is 4.39 Å². The van der Waals surface area contributed by atoms with Crippen LogP contribution in [0, 0.1) is 5.82 Å². The SMILES string of the molecule is Fc1cc(CC2CCCS2)ccc1CC1CCCS1. The molecule has 2 atom stereocenters. The molecule has 1 aromatic carbocycles. The van der Waals surface area contributed by atoms with Crippen LogP contribution in [0.15, 0.2) is 18.2 Å². The summed E-state index contributed by atoms with van der Waals surface area (Å²) in [7, 11) is 0. The molecule has 1 aromatic rings. The summed E-state index contributed by atoms with van der Waals surface area (Å²) < 4.78 is 14.2. The van der Waals surface area contributed by atoms with Crippen molar-refractivity contribution >= 4 is 23.5 Å². The molecule has 0 bridgehead atoms. The summed E-state index contributed by atoms with van der Waals surface area (Å²) in [6.45, 7) is 0. The van der Waals surface area contributed by atoms with E-state index in [4.69, 9.17) is 0 Å². The summed E-state index contributed by atoms with van der Waals surface area (Å²) in [4.78, 5) is 0. The molecule has 2 unspecified atom stereocenters. The molecular weight excluding hydrogens is 275 g/mol. The van der Waals surface area contributed by atoms with Crippen molar-refractivity contribution in [2.24, 2.45) is 0 Å². The maximum atomic E-state index is 14.2. The summed E-state index contributed by atoms with van der Waals surface area (Å²) in [5.74, 6) is 2.56. The number of rotatable bonds is 4. The van der Waals surface area contributed by atoms with Gasteiger partial charge in [-0.05, 0) is 67.2 Å². The highest BCUT2D eigenvalue weighted by molar-refractivity contribution is 8.00. The van der Waals surface area contributed by atoms with Gasteiger partial charge in [0.1, 0.15) is 5.82 Å². The van der Waals surface area contributed by atoms with Crippen LogP contribution in [0.5, 0.6) is 0 Å². The van der Waals surface area contributed by atoms with E-state index < -0.39 is 0 Å². The van der Waals surface area contributed by atoms with Crippen LogP contribution < -0.4 is 0 Å². The van der Waals surface area contributed by atoms with Crippen LogP contribution in [0.3, 0.4) is 0 Å². The van der Waals surface area contributed by atoms with Crippen LogP contribution in [0.1, 0.15) is 36.8 Å². The van der Waals surface area contributed by atoms with Crippen LogP contribution in [0.2, 0.25) is 0 Å². The van der Waals surface area contributed by atoms with E-state index in [1.54, 1.807) is 6.07 Å². The van der Waals surface area contributed by atoms with Gasteiger partial charge in [0.05, 0.1) is 0 Å². The first-order valence-electron chi connectivity index (χ1n) is 7.32. The van der Waals surface area contributed by atoms with Crippen molar-refractivity contribution < 1.29 is 4.39 Å². The van der Waals surface area contributed by atoms with Gasteiger partial charge in [0, 0.05) is 10.5 Å². The molecule has 2 fully saturated rings. The zero-order valence-corrected chi connectivity index (χ0v) is 12.9. The largest absolute Gasteiger partial charge is 0.207 e. The lowest BCUT2D eigenvalue weighted by atomic mass is 10.0. The molecular formula is C16H21FS2. The quantitative estimate of drug-likeness (QED) is 0.789. The minimum absolute atomic E-state index is 0.0213. The van der Waals surface area contributed by atoms with E-state index in [9.17, 15) is 4.39 Å². The average molecular weight is 296 g/mol. The number of halogens is 1. The molecule has 0 nitrogen and oxygen atoms in total. The normalized spacial score (nSPS) is 27.0. The van der Waals surface area contributed by atoms with Crippen molar-refractivity contribution in [3.8, 4) is 0 Å². The molecule has 0 N–H and O–H groups in total. The lowest BCUT2D eigenvalue weighted by Crippen LogP contribution is -2.06. The molecule has 0 amide bonds. The highest BCUT2D eigenvalue weighted by Gasteiger charge is 2.19. The first-order valence-corrected chi connectivity index (χ1v) is 9.41. The van der Waals surface area contributed by atoms with Gasteiger partial charge in [0.25, 0.3) is 0 Å². The van der Waals surface area contributed by atoms with Gasteiger partial charge in [-0.1, -0.05) is 12.1 Å². The fraction of sp³-hybridized carbons (Fsp3) is 0.625. The molecule has 0 aliphatic carbocycles. The van der Waals surface area contributed by atoms with Crippen molar-refractivity contribution in [1.29, 1.82) is 0 Å².